The van der Waals surface area contributed by atoms with Crippen LogP contribution in [0, 0.1) is 13.7 Å². The van der Waals surface area contributed by atoms with E-state index >= 15 is 0 Å². The molecule has 39 heavy (non-hydrogen) atoms. The number of pyridine rings is 2. The van der Waals surface area contributed by atoms with Crippen molar-refractivity contribution in [3.63, 3.8) is 0 Å². The molecule has 0 bridgehead atoms. The standard InChI is InChI=1S/C36H30N2O/c1-21-10-13-28-33(16-21)39-35-27(14-11-22(2)34(28)35)32-18-29(30(20-38-32)36(3,4)5)23-12-15-25-24(17-23)19-37-31-9-7-6-8-26(25)31/h6-20H,1-5H3/i1D3,2D3. The van der Waals surface area contributed by atoms with Crippen LogP contribution in [-0.4, -0.2) is 9.97 Å². The molecular weight excluding hydrogens is 476 g/mol. The minimum Gasteiger partial charge on any atom is -0.455 e. The highest BCUT2D eigenvalue weighted by atomic mass is 16.3. The molecule has 0 unspecified atom stereocenters. The molecule has 3 heterocycles. The van der Waals surface area contributed by atoms with Crippen LogP contribution < -0.4 is 0 Å². The van der Waals surface area contributed by atoms with Gasteiger partial charge in [0, 0.05) is 47.7 Å². The number of rotatable bonds is 2. The van der Waals surface area contributed by atoms with Gasteiger partial charge >= 0.3 is 0 Å². The van der Waals surface area contributed by atoms with Crippen molar-refractivity contribution in [2.24, 2.45) is 0 Å². The third-order valence-electron chi connectivity index (χ3n) is 7.51. The van der Waals surface area contributed by atoms with Crippen LogP contribution in [-0.2, 0) is 5.41 Å². The Morgan fingerprint density at radius 3 is 2.46 bits per heavy atom. The summed E-state index contributed by atoms with van der Waals surface area (Å²) in [5.74, 6) is 0. The lowest BCUT2D eigenvalue weighted by Crippen LogP contribution is -2.13. The SMILES string of the molecule is [2H]C([2H])([2H])c1ccc2c(c1)oc1c(-c3cc(-c4ccc5c(cnc6ccccc65)c4)c(C(C)(C)C)cn3)ccc(C([2H])([2H])[2H])c12. The minimum absolute atomic E-state index is 0.125. The van der Waals surface area contributed by atoms with Crippen LogP contribution in [0.3, 0.4) is 0 Å². The van der Waals surface area contributed by atoms with Gasteiger partial charge in [0.25, 0.3) is 0 Å². The van der Waals surface area contributed by atoms with Crippen molar-refractivity contribution < 1.29 is 12.6 Å². The Morgan fingerprint density at radius 2 is 1.62 bits per heavy atom. The Hall–Kier alpha value is -4.50. The molecule has 0 saturated carbocycles. The monoisotopic (exact) mass is 512 g/mol. The second kappa shape index (κ2) is 8.51. The maximum Gasteiger partial charge on any atom is 0.145 e. The van der Waals surface area contributed by atoms with Crippen LogP contribution in [0.4, 0.5) is 0 Å². The number of aryl methyl sites for hydroxylation is 2. The third-order valence-corrected chi connectivity index (χ3v) is 7.51. The molecule has 0 atom stereocenters. The third kappa shape index (κ3) is 3.80. The van der Waals surface area contributed by atoms with E-state index < -0.39 is 13.7 Å². The Bertz CT molecular complexity index is 2290. The molecule has 3 aromatic heterocycles. The fourth-order valence-electron chi connectivity index (χ4n) is 5.56. The minimum atomic E-state index is -2.41. The Kier molecular flexibility index (Phi) is 3.91. The molecule has 0 aliphatic carbocycles. The van der Waals surface area contributed by atoms with Gasteiger partial charge in [-0.15, -0.1) is 0 Å². The highest BCUT2D eigenvalue weighted by Crippen LogP contribution is 2.41. The van der Waals surface area contributed by atoms with Gasteiger partial charge in [-0.25, -0.2) is 0 Å². The second-order valence-corrected chi connectivity index (χ2v) is 11.1. The molecule has 3 nitrogen and oxygen atoms in total. The summed E-state index contributed by atoms with van der Waals surface area (Å²) in [7, 11) is 0. The quantitative estimate of drug-likeness (QED) is 0.216. The smallest absolute Gasteiger partial charge is 0.145 e. The molecule has 0 N–H and O–H groups in total. The maximum absolute atomic E-state index is 8.23. The lowest BCUT2D eigenvalue weighted by atomic mass is 9.82. The van der Waals surface area contributed by atoms with Crippen LogP contribution in [0.15, 0.2) is 95.7 Å². The maximum atomic E-state index is 8.23. The van der Waals surface area contributed by atoms with Crippen LogP contribution in [0.2, 0.25) is 0 Å². The topological polar surface area (TPSA) is 38.9 Å². The zero-order chi connectivity index (χ0) is 31.9. The Labute approximate surface area is 236 Å². The molecule has 0 spiro atoms. The molecule has 190 valence electrons. The summed E-state index contributed by atoms with van der Waals surface area (Å²) < 4.78 is 54.5. The fraction of sp³-hybridized carbons (Fsp3) is 0.167. The number of fused-ring (bicyclic) bond motifs is 6. The predicted octanol–water partition coefficient (Wildman–Crippen LogP) is 9.93. The predicted molar refractivity (Wildman–Crippen MR) is 163 cm³/mol. The molecule has 0 aliphatic heterocycles. The number of hydrogen-bond donors (Lipinski definition) is 0. The van der Waals surface area contributed by atoms with Gasteiger partial charge in [0.2, 0.25) is 0 Å². The normalized spacial score (nSPS) is 15.2. The first-order chi connectivity index (χ1) is 21.2. The average molecular weight is 513 g/mol. The van der Waals surface area contributed by atoms with Crippen molar-refractivity contribution in [1.29, 1.82) is 0 Å². The van der Waals surface area contributed by atoms with Crippen LogP contribution in [0.25, 0.3) is 66.0 Å². The van der Waals surface area contributed by atoms with Gasteiger partial charge < -0.3 is 4.42 Å². The number of nitrogens with zero attached hydrogens (tertiary/aromatic N) is 2. The first kappa shape index (κ1) is 17.9. The highest BCUT2D eigenvalue weighted by Gasteiger charge is 2.22. The summed E-state index contributed by atoms with van der Waals surface area (Å²) in [6.45, 7) is 1.70. The average Bonchev–Trinajstić information content (AvgIpc) is 3.37. The van der Waals surface area contributed by atoms with Crippen molar-refractivity contribution in [2.75, 3.05) is 0 Å². The number of hydrogen-bond acceptors (Lipinski definition) is 3. The molecule has 0 aliphatic rings. The van der Waals surface area contributed by atoms with E-state index in [4.69, 9.17) is 17.6 Å². The van der Waals surface area contributed by atoms with Crippen molar-refractivity contribution >= 4 is 43.6 Å². The summed E-state index contributed by atoms with van der Waals surface area (Å²) in [6, 6.07) is 24.5. The van der Waals surface area contributed by atoms with E-state index in [0.29, 0.717) is 33.2 Å². The first-order valence-corrected chi connectivity index (χ1v) is 13.0. The van der Waals surface area contributed by atoms with E-state index in [2.05, 4.69) is 50.0 Å². The summed E-state index contributed by atoms with van der Waals surface area (Å²) in [5, 5.41) is 4.22. The van der Waals surface area contributed by atoms with Crippen LogP contribution in [0.5, 0.6) is 0 Å². The van der Waals surface area contributed by atoms with Gasteiger partial charge in [-0.1, -0.05) is 69.3 Å². The van der Waals surface area contributed by atoms with Gasteiger partial charge in [0.05, 0.1) is 11.2 Å². The second-order valence-electron chi connectivity index (χ2n) is 11.1. The summed E-state index contributed by atoms with van der Waals surface area (Å²) in [5.41, 5.74) is 5.97. The van der Waals surface area contributed by atoms with Crippen molar-refractivity contribution in [3.8, 4) is 22.4 Å². The van der Waals surface area contributed by atoms with Gasteiger partial charge in [0.15, 0.2) is 0 Å². The zero-order valence-electron chi connectivity index (χ0n) is 28.0. The lowest BCUT2D eigenvalue weighted by molar-refractivity contribution is 0.589. The van der Waals surface area contributed by atoms with Crippen LogP contribution >= 0.6 is 0 Å². The van der Waals surface area contributed by atoms with Crippen molar-refractivity contribution in [2.45, 2.75) is 39.9 Å². The number of para-hydroxylation sites is 1. The molecule has 3 heteroatoms. The molecule has 4 aromatic carbocycles. The molecule has 0 saturated heterocycles. The summed E-state index contributed by atoms with van der Waals surface area (Å²) in [6.07, 6.45) is 3.78. The molecule has 7 aromatic rings. The molecule has 7 rings (SSSR count). The van der Waals surface area contributed by atoms with Crippen molar-refractivity contribution in [1.82, 2.24) is 9.97 Å². The highest BCUT2D eigenvalue weighted by molar-refractivity contribution is 6.11. The van der Waals surface area contributed by atoms with Gasteiger partial charge in [-0.05, 0) is 82.7 Å². The van der Waals surface area contributed by atoms with Crippen molar-refractivity contribution in [3.05, 3.63) is 108 Å². The number of furan rings is 1. The van der Waals surface area contributed by atoms with E-state index in [0.717, 1.165) is 38.4 Å². The first-order valence-electron chi connectivity index (χ1n) is 16.0. The van der Waals surface area contributed by atoms with E-state index in [1.807, 2.05) is 36.7 Å². The van der Waals surface area contributed by atoms with Gasteiger partial charge in [0.1, 0.15) is 11.2 Å². The van der Waals surface area contributed by atoms with Gasteiger partial charge in [-0.2, -0.15) is 0 Å². The molecule has 0 radical (unpaired) electrons. The molecule has 0 amide bonds. The molecule has 0 fully saturated rings. The Balaban J connectivity index is 1.47. The summed E-state index contributed by atoms with van der Waals surface area (Å²) >= 11 is 0. The van der Waals surface area contributed by atoms with E-state index in [1.165, 1.54) is 12.1 Å². The largest absolute Gasteiger partial charge is 0.455 e. The molecular formula is C36H30N2O. The summed E-state index contributed by atoms with van der Waals surface area (Å²) in [4.78, 5) is 9.55. The zero-order valence-corrected chi connectivity index (χ0v) is 22.0. The van der Waals surface area contributed by atoms with Gasteiger partial charge in [-0.3, -0.25) is 9.97 Å². The fourth-order valence-corrected chi connectivity index (χ4v) is 5.56. The number of aromatic nitrogens is 2. The van der Waals surface area contributed by atoms with Crippen LogP contribution in [0.1, 0.15) is 45.7 Å². The Morgan fingerprint density at radius 1 is 0.744 bits per heavy atom. The number of benzene rings is 4. The lowest BCUT2D eigenvalue weighted by Gasteiger charge is -2.23. The van der Waals surface area contributed by atoms with E-state index in [-0.39, 0.29) is 16.5 Å². The van der Waals surface area contributed by atoms with E-state index in [9.17, 15) is 0 Å². The van der Waals surface area contributed by atoms with E-state index in [1.54, 1.807) is 18.2 Å².